The van der Waals surface area contributed by atoms with E-state index in [0.29, 0.717) is 27.2 Å². The Morgan fingerprint density at radius 1 is 1.37 bits per heavy atom. The molecule has 0 aromatic heterocycles. The fourth-order valence-corrected chi connectivity index (χ4v) is 2.89. The zero-order chi connectivity index (χ0) is 19.8. The second kappa shape index (κ2) is 9.47. The lowest BCUT2D eigenvalue weighted by molar-refractivity contribution is -0.112. The number of halogens is 1. The normalized spacial score (nSPS) is 10.5. The van der Waals surface area contributed by atoms with Crippen molar-refractivity contribution in [3.05, 3.63) is 57.6 Å². The lowest BCUT2D eigenvalue weighted by Gasteiger charge is -2.12. The van der Waals surface area contributed by atoms with Crippen LogP contribution in [0.5, 0.6) is 11.5 Å². The number of hydrogen-bond acceptors (Lipinski definition) is 4. The minimum Gasteiger partial charge on any atom is -0.493 e. The maximum Gasteiger partial charge on any atom is 0.266 e. The zero-order valence-corrected chi connectivity index (χ0v) is 16.5. The first-order chi connectivity index (χ1) is 13.0. The summed E-state index contributed by atoms with van der Waals surface area (Å²) in [5, 5.41) is 12.1. The first-order valence-corrected chi connectivity index (χ1v) is 8.71. The predicted molar refractivity (Wildman–Crippen MR) is 108 cm³/mol. The second-order valence-corrected chi connectivity index (χ2v) is 6.37. The Bertz CT molecular complexity index is 968. The quantitative estimate of drug-likeness (QED) is 0.425. The topological polar surface area (TPSA) is 71.3 Å². The summed E-state index contributed by atoms with van der Waals surface area (Å²) in [7, 11) is 1.49. The van der Waals surface area contributed by atoms with Crippen molar-refractivity contribution in [3.8, 4) is 29.9 Å². The van der Waals surface area contributed by atoms with Crippen molar-refractivity contribution in [2.24, 2.45) is 0 Å². The van der Waals surface area contributed by atoms with E-state index in [1.54, 1.807) is 18.2 Å². The molecule has 2 rings (SSSR count). The van der Waals surface area contributed by atoms with E-state index in [4.69, 9.17) is 15.9 Å². The Morgan fingerprint density at radius 2 is 2.15 bits per heavy atom. The Labute approximate surface area is 166 Å². The predicted octanol–water partition coefficient (Wildman–Crippen LogP) is 4.32. The van der Waals surface area contributed by atoms with Gasteiger partial charge in [0.25, 0.3) is 5.91 Å². The lowest BCUT2D eigenvalue weighted by atomic mass is 10.1. The molecule has 0 saturated carbocycles. The Kier molecular flexibility index (Phi) is 7.05. The van der Waals surface area contributed by atoms with Crippen LogP contribution in [0.1, 0.15) is 11.1 Å². The average Bonchev–Trinajstić information content (AvgIpc) is 2.64. The van der Waals surface area contributed by atoms with Gasteiger partial charge in [0.2, 0.25) is 0 Å². The molecule has 0 radical (unpaired) electrons. The molecule has 5 nitrogen and oxygen atoms in total. The fraction of sp³-hybridized carbons (Fsp3) is 0.143. The summed E-state index contributed by atoms with van der Waals surface area (Å²) in [5.41, 5.74) is 2.19. The Balaban J connectivity index is 2.31. The highest BCUT2D eigenvalue weighted by Crippen LogP contribution is 2.37. The highest BCUT2D eigenvalue weighted by Gasteiger charge is 2.14. The van der Waals surface area contributed by atoms with Crippen LogP contribution in [0.3, 0.4) is 0 Å². The molecule has 0 bridgehead atoms. The fourth-order valence-electron chi connectivity index (χ4n) is 2.31. The number of nitrogens with zero attached hydrogens (tertiary/aromatic N) is 1. The number of carbonyl (C=O) groups excluding carboxylic acids is 1. The van der Waals surface area contributed by atoms with Gasteiger partial charge in [-0.25, -0.2) is 0 Å². The van der Waals surface area contributed by atoms with Crippen molar-refractivity contribution in [3.63, 3.8) is 0 Å². The van der Waals surface area contributed by atoms with Crippen LogP contribution in [-0.2, 0) is 4.79 Å². The van der Waals surface area contributed by atoms with Crippen LogP contribution in [0.4, 0.5) is 5.69 Å². The van der Waals surface area contributed by atoms with Gasteiger partial charge in [-0.3, -0.25) is 4.79 Å². The molecule has 136 valence electrons. The van der Waals surface area contributed by atoms with Gasteiger partial charge in [0.1, 0.15) is 18.2 Å². The number of carbonyl (C=O) groups is 1. The molecule has 2 aromatic rings. The monoisotopic (exact) mass is 424 g/mol. The number of benzene rings is 2. The van der Waals surface area contributed by atoms with Gasteiger partial charge in [-0.1, -0.05) is 18.1 Å². The molecule has 0 aliphatic heterocycles. The van der Waals surface area contributed by atoms with Crippen LogP contribution in [0.2, 0.25) is 0 Å². The summed E-state index contributed by atoms with van der Waals surface area (Å²) in [6, 6.07) is 12.6. The second-order valence-electron chi connectivity index (χ2n) is 5.52. The van der Waals surface area contributed by atoms with E-state index < -0.39 is 5.91 Å². The number of rotatable bonds is 6. The van der Waals surface area contributed by atoms with Gasteiger partial charge in [-0.05, 0) is 64.3 Å². The van der Waals surface area contributed by atoms with Crippen molar-refractivity contribution in [1.29, 1.82) is 5.26 Å². The Morgan fingerprint density at radius 3 is 2.78 bits per heavy atom. The number of nitriles is 1. The molecule has 0 heterocycles. The molecule has 27 heavy (non-hydrogen) atoms. The smallest absolute Gasteiger partial charge is 0.266 e. The average molecular weight is 425 g/mol. The number of nitrogens with one attached hydrogen (secondary N) is 1. The number of aryl methyl sites for hydroxylation is 1. The number of anilines is 1. The lowest BCUT2D eigenvalue weighted by Crippen LogP contribution is -2.13. The van der Waals surface area contributed by atoms with Gasteiger partial charge >= 0.3 is 0 Å². The number of methoxy groups -OCH3 is 1. The molecular weight excluding hydrogens is 408 g/mol. The van der Waals surface area contributed by atoms with E-state index in [1.165, 1.54) is 13.2 Å². The summed E-state index contributed by atoms with van der Waals surface area (Å²) >= 11 is 3.39. The van der Waals surface area contributed by atoms with E-state index in [-0.39, 0.29) is 12.2 Å². The van der Waals surface area contributed by atoms with E-state index in [0.717, 1.165) is 5.56 Å². The third-order valence-corrected chi connectivity index (χ3v) is 4.09. The maximum absolute atomic E-state index is 12.4. The molecule has 0 atom stereocenters. The van der Waals surface area contributed by atoms with Crippen LogP contribution in [0.15, 0.2) is 46.4 Å². The van der Waals surface area contributed by atoms with Crippen molar-refractivity contribution >= 4 is 33.6 Å². The van der Waals surface area contributed by atoms with Gasteiger partial charge < -0.3 is 14.8 Å². The summed E-state index contributed by atoms with van der Waals surface area (Å²) in [6.45, 7) is 2.01. The van der Waals surface area contributed by atoms with Gasteiger partial charge in [-0.2, -0.15) is 5.26 Å². The summed E-state index contributed by atoms with van der Waals surface area (Å²) in [5.74, 6) is 2.78. The number of terminal acetylenes is 1. The number of amides is 1. The van der Waals surface area contributed by atoms with E-state index in [1.807, 2.05) is 31.2 Å². The van der Waals surface area contributed by atoms with E-state index in [9.17, 15) is 10.1 Å². The molecule has 1 N–H and O–H groups in total. The van der Waals surface area contributed by atoms with Crippen LogP contribution >= 0.6 is 15.9 Å². The molecule has 0 fully saturated rings. The van der Waals surface area contributed by atoms with E-state index in [2.05, 4.69) is 27.2 Å². The number of hydrogen-bond donors (Lipinski definition) is 1. The molecule has 2 aromatic carbocycles. The molecule has 0 saturated heterocycles. The molecule has 0 spiro atoms. The Hall–Kier alpha value is -3.22. The molecule has 0 aliphatic carbocycles. The van der Waals surface area contributed by atoms with Crippen LogP contribution in [-0.4, -0.2) is 19.6 Å². The third kappa shape index (κ3) is 5.37. The minimum atomic E-state index is -0.495. The van der Waals surface area contributed by atoms with Crippen LogP contribution in [0.25, 0.3) is 6.08 Å². The minimum absolute atomic E-state index is 0.0391. The SMILES string of the molecule is C#CCOc1c(Br)cc(/C=C(/C#N)C(=O)Nc2cccc(C)c2)cc1OC. The maximum atomic E-state index is 12.4. The molecular formula is C21H17BrN2O3. The molecule has 0 aliphatic rings. The highest BCUT2D eigenvalue weighted by molar-refractivity contribution is 9.10. The number of ether oxygens (including phenoxy) is 2. The standard InChI is InChI=1S/C21H17BrN2O3/c1-4-8-27-20-18(22)11-15(12-19(20)26-3)10-16(13-23)21(25)24-17-7-5-6-14(2)9-17/h1,5-7,9-12H,8H2,2-3H3,(H,24,25)/b16-10-. The van der Waals surface area contributed by atoms with Gasteiger partial charge in [0.05, 0.1) is 11.6 Å². The van der Waals surface area contributed by atoms with Crippen LogP contribution < -0.4 is 14.8 Å². The van der Waals surface area contributed by atoms with Crippen molar-refractivity contribution < 1.29 is 14.3 Å². The van der Waals surface area contributed by atoms with Gasteiger partial charge in [0.15, 0.2) is 11.5 Å². The largest absolute Gasteiger partial charge is 0.493 e. The first kappa shape index (κ1) is 20.1. The van der Waals surface area contributed by atoms with Crippen LogP contribution in [0, 0.1) is 30.6 Å². The first-order valence-electron chi connectivity index (χ1n) is 7.92. The van der Waals surface area contributed by atoms with Crippen molar-refractivity contribution in [1.82, 2.24) is 0 Å². The molecule has 0 unspecified atom stereocenters. The summed E-state index contributed by atoms with van der Waals surface area (Å²) in [4.78, 5) is 12.4. The molecule has 6 heteroatoms. The third-order valence-electron chi connectivity index (χ3n) is 3.50. The summed E-state index contributed by atoms with van der Waals surface area (Å²) in [6.07, 6.45) is 6.69. The van der Waals surface area contributed by atoms with E-state index >= 15 is 0 Å². The molecule has 1 amide bonds. The summed E-state index contributed by atoms with van der Waals surface area (Å²) < 4.78 is 11.4. The van der Waals surface area contributed by atoms with Gasteiger partial charge in [-0.15, -0.1) is 6.42 Å². The van der Waals surface area contributed by atoms with Gasteiger partial charge in [0, 0.05) is 5.69 Å². The zero-order valence-electron chi connectivity index (χ0n) is 14.9. The van der Waals surface area contributed by atoms with Crippen molar-refractivity contribution in [2.75, 3.05) is 19.0 Å². The highest BCUT2D eigenvalue weighted by atomic mass is 79.9. The van der Waals surface area contributed by atoms with Crippen molar-refractivity contribution in [2.45, 2.75) is 6.92 Å².